The summed E-state index contributed by atoms with van der Waals surface area (Å²) in [6, 6.07) is 30.5. The van der Waals surface area contributed by atoms with Crippen molar-refractivity contribution in [2.45, 2.75) is 67.6 Å². The van der Waals surface area contributed by atoms with E-state index in [-0.39, 0.29) is 31.3 Å². The summed E-state index contributed by atoms with van der Waals surface area (Å²) in [5.41, 5.74) is 12.4. The molecule has 0 spiro atoms. The van der Waals surface area contributed by atoms with Crippen LogP contribution in [0.5, 0.6) is 0 Å². The Balaban J connectivity index is 0.000000205. The molecule has 0 aliphatic rings. The van der Waals surface area contributed by atoms with Crippen LogP contribution in [0.2, 0.25) is 19.6 Å². The van der Waals surface area contributed by atoms with Gasteiger partial charge in [0.2, 0.25) is 5.71 Å². The number of hydrogen-bond donors (Lipinski definition) is 0. The average molecular weight is 870 g/mol. The number of furan rings is 1. The molecule has 4 heterocycles. The summed E-state index contributed by atoms with van der Waals surface area (Å²) in [5, 5.41) is 2.93. The van der Waals surface area contributed by atoms with Gasteiger partial charge in [0.15, 0.2) is 0 Å². The second-order valence-corrected chi connectivity index (χ2v) is 20.4. The molecule has 4 aromatic heterocycles. The van der Waals surface area contributed by atoms with Crippen molar-refractivity contribution in [3.05, 3.63) is 132 Å². The second-order valence-electron chi connectivity index (χ2n) is 15.4. The van der Waals surface area contributed by atoms with E-state index in [1.807, 2.05) is 36.4 Å². The Bertz CT molecular complexity index is 2300. The Morgan fingerprint density at radius 1 is 0.784 bits per heavy atom. The van der Waals surface area contributed by atoms with Gasteiger partial charge >= 0.3 is 0 Å². The second kappa shape index (κ2) is 15.1. The van der Waals surface area contributed by atoms with Crippen LogP contribution in [-0.4, -0.2) is 23.0 Å². The Morgan fingerprint density at radius 3 is 2.20 bits per heavy atom. The molecule has 51 heavy (non-hydrogen) atoms. The molecule has 0 fully saturated rings. The SMILES string of the molecule is CC(C)(C)Cc1cc(-c2[c-]cccc2)ncc1[Si](C)(C)C.Cc1cc(C)c(-c2ccnc(-c3[c-]ccc4c3oc3ncc(F)cc34)c2)c(C)c1.[Ir]. The average Bonchev–Trinajstić information content (AvgIpc) is 3.42. The number of fused-ring (bicyclic) bond motifs is 3. The monoisotopic (exact) mass is 870 g/mol. The summed E-state index contributed by atoms with van der Waals surface area (Å²) in [5.74, 6) is -0.389. The Kier molecular flexibility index (Phi) is 11.3. The van der Waals surface area contributed by atoms with Crippen LogP contribution in [0.3, 0.4) is 0 Å². The zero-order valence-electron chi connectivity index (χ0n) is 30.8. The van der Waals surface area contributed by atoms with Crippen LogP contribution in [0, 0.1) is 44.1 Å². The molecular weight excluding hydrogens is 826 g/mol. The molecule has 0 aliphatic heterocycles. The van der Waals surface area contributed by atoms with E-state index in [4.69, 9.17) is 9.40 Å². The third kappa shape index (κ3) is 8.61. The molecule has 0 N–H and O–H groups in total. The third-order valence-corrected chi connectivity index (χ3v) is 10.8. The smallest absolute Gasteiger partial charge is 0.216 e. The zero-order chi connectivity index (χ0) is 35.8. The predicted molar refractivity (Wildman–Crippen MR) is 208 cm³/mol. The summed E-state index contributed by atoms with van der Waals surface area (Å²) < 4.78 is 19.6. The van der Waals surface area contributed by atoms with Crippen LogP contribution < -0.4 is 5.19 Å². The van der Waals surface area contributed by atoms with Crippen LogP contribution >= 0.6 is 0 Å². The largest absolute Gasteiger partial charge is 0.486 e. The van der Waals surface area contributed by atoms with Crippen molar-refractivity contribution in [1.82, 2.24) is 15.0 Å². The molecule has 7 heteroatoms. The summed E-state index contributed by atoms with van der Waals surface area (Å²) >= 11 is 0. The van der Waals surface area contributed by atoms with Crippen molar-refractivity contribution in [3.8, 4) is 33.6 Å². The number of nitrogens with zero attached hydrogens (tertiary/aromatic N) is 3. The maximum Gasteiger partial charge on any atom is 0.216 e. The molecule has 7 aromatic rings. The molecule has 263 valence electrons. The number of pyridine rings is 3. The Hall–Kier alpha value is -4.29. The maximum absolute atomic E-state index is 13.7. The number of halogens is 1. The van der Waals surface area contributed by atoms with Crippen LogP contribution in [-0.2, 0) is 26.5 Å². The Morgan fingerprint density at radius 2 is 1.53 bits per heavy atom. The molecular formula is C44H44FIrN3OSi-2. The van der Waals surface area contributed by atoms with Crippen LogP contribution in [0.15, 0.2) is 95.8 Å². The van der Waals surface area contributed by atoms with Gasteiger partial charge in [-0.05, 0) is 83.6 Å². The van der Waals surface area contributed by atoms with Crippen molar-refractivity contribution in [3.63, 3.8) is 0 Å². The third-order valence-electron chi connectivity index (χ3n) is 8.74. The molecule has 1 radical (unpaired) electrons. The molecule has 0 atom stereocenters. The first-order valence-electron chi connectivity index (χ1n) is 17.1. The molecule has 0 saturated heterocycles. The summed E-state index contributed by atoms with van der Waals surface area (Å²) in [7, 11) is -1.37. The fraction of sp³-hybridized carbons (Fsp3) is 0.250. The van der Waals surface area contributed by atoms with Gasteiger partial charge < -0.3 is 14.4 Å². The van der Waals surface area contributed by atoms with Gasteiger partial charge in [0.25, 0.3) is 0 Å². The number of hydrogen-bond acceptors (Lipinski definition) is 4. The van der Waals surface area contributed by atoms with E-state index in [2.05, 4.69) is 120 Å². The molecule has 7 rings (SSSR count). The van der Waals surface area contributed by atoms with E-state index < -0.39 is 8.07 Å². The topological polar surface area (TPSA) is 51.8 Å². The standard InChI is InChI=1S/C25H18FN2O.C19H26NSi.Ir/c1-14-9-15(2)23(16(3)10-14)17-7-8-27-22(11-17)20-6-4-5-19-21-12-18(26)13-28-25(21)29-24(19)20;1-19(2,3)13-16-12-17(15-10-8-7-9-11-15)20-14-18(16)21(4,5)6;/h4-5,7-13H,1-3H3;7-10,12,14H,13H2,1-6H3;/q2*-1;. The zero-order valence-corrected chi connectivity index (χ0v) is 34.2. The first-order chi connectivity index (χ1) is 23.7. The maximum atomic E-state index is 13.7. The van der Waals surface area contributed by atoms with Crippen molar-refractivity contribution in [2.24, 2.45) is 5.41 Å². The van der Waals surface area contributed by atoms with Gasteiger partial charge in [-0.15, -0.1) is 54.1 Å². The fourth-order valence-corrected chi connectivity index (χ4v) is 8.31. The van der Waals surface area contributed by atoms with Gasteiger partial charge in [0.1, 0.15) is 5.82 Å². The number of rotatable bonds is 5. The number of benzene rings is 3. The van der Waals surface area contributed by atoms with E-state index in [9.17, 15) is 4.39 Å². The summed E-state index contributed by atoms with van der Waals surface area (Å²) in [6.45, 7) is 20.4. The van der Waals surface area contributed by atoms with Crippen molar-refractivity contribution < 1.29 is 28.9 Å². The Labute approximate surface area is 316 Å². The van der Waals surface area contributed by atoms with Crippen LogP contribution in [0.4, 0.5) is 4.39 Å². The van der Waals surface area contributed by atoms with E-state index in [0.717, 1.165) is 46.1 Å². The quantitative estimate of drug-likeness (QED) is 0.128. The molecule has 4 nitrogen and oxygen atoms in total. The minimum atomic E-state index is -1.37. The minimum Gasteiger partial charge on any atom is -0.486 e. The first kappa shape index (κ1) is 37.9. The van der Waals surface area contributed by atoms with Gasteiger partial charge in [-0.2, -0.15) is 0 Å². The normalized spacial score (nSPS) is 11.6. The predicted octanol–water partition coefficient (Wildman–Crippen LogP) is 11.3. The molecule has 0 unspecified atom stereocenters. The van der Waals surface area contributed by atoms with E-state index in [0.29, 0.717) is 16.7 Å². The van der Waals surface area contributed by atoms with Crippen molar-refractivity contribution in [2.75, 3.05) is 0 Å². The fourth-order valence-electron chi connectivity index (χ4n) is 6.74. The number of aryl methyl sites for hydroxylation is 3. The van der Waals surface area contributed by atoms with Gasteiger partial charge in [-0.1, -0.05) is 86.8 Å². The van der Waals surface area contributed by atoms with Crippen molar-refractivity contribution in [1.29, 1.82) is 0 Å². The molecule has 0 bridgehead atoms. The molecule has 0 saturated carbocycles. The first-order valence-corrected chi connectivity index (χ1v) is 20.6. The van der Waals surface area contributed by atoms with Gasteiger partial charge in [0.05, 0.1) is 19.9 Å². The molecule has 0 amide bonds. The van der Waals surface area contributed by atoms with E-state index >= 15 is 0 Å². The van der Waals surface area contributed by atoms with Crippen LogP contribution in [0.1, 0.15) is 43.0 Å². The number of aromatic nitrogens is 3. The van der Waals surface area contributed by atoms with E-state index in [1.54, 1.807) is 6.20 Å². The van der Waals surface area contributed by atoms with E-state index in [1.165, 1.54) is 39.1 Å². The molecule has 3 aromatic carbocycles. The van der Waals surface area contributed by atoms with Gasteiger partial charge in [0, 0.05) is 37.9 Å². The molecule has 0 aliphatic carbocycles. The van der Waals surface area contributed by atoms with Gasteiger partial charge in [-0.25, -0.2) is 9.37 Å². The van der Waals surface area contributed by atoms with Gasteiger partial charge in [-0.3, -0.25) is 0 Å². The summed E-state index contributed by atoms with van der Waals surface area (Å²) in [4.78, 5) is 13.3. The van der Waals surface area contributed by atoms with Crippen molar-refractivity contribution >= 4 is 35.3 Å². The van der Waals surface area contributed by atoms with Crippen LogP contribution in [0.25, 0.3) is 55.7 Å². The summed E-state index contributed by atoms with van der Waals surface area (Å²) in [6.07, 6.45) is 6.17. The minimum absolute atomic E-state index is 0.